The Balaban J connectivity index is 2.35. The molecule has 1 unspecified atom stereocenters. The largest absolute Gasteiger partial charge is 0.389 e. The number of pyridine rings is 1. The summed E-state index contributed by atoms with van der Waals surface area (Å²) in [5, 5.41) is 10.8. The van der Waals surface area contributed by atoms with Crippen LogP contribution in [0.25, 0.3) is 11.0 Å². The molecule has 0 bridgehead atoms. The highest BCUT2D eigenvalue weighted by molar-refractivity contribution is 7.89. The van der Waals surface area contributed by atoms with Gasteiger partial charge >= 0.3 is 0 Å². The molecule has 2 heterocycles. The van der Waals surface area contributed by atoms with E-state index in [1.54, 1.807) is 6.92 Å². The molecule has 21 heavy (non-hydrogen) atoms. The molecule has 8 heteroatoms. The summed E-state index contributed by atoms with van der Waals surface area (Å²) >= 11 is 6.05. The third-order valence-corrected chi connectivity index (χ3v) is 5.38. The third-order valence-electron chi connectivity index (χ3n) is 3.64. The molecule has 0 aromatic carbocycles. The number of hydrogen-bond donors (Lipinski definition) is 3. The van der Waals surface area contributed by atoms with Gasteiger partial charge in [0, 0.05) is 18.9 Å². The number of hydrogen-bond acceptors (Lipinski definition) is 4. The van der Waals surface area contributed by atoms with E-state index in [9.17, 15) is 13.5 Å². The van der Waals surface area contributed by atoms with Crippen LogP contribution in [0.15, 0.2) is 23.4 Å². The number of halogens is 1. The number of fused-ring (bicyclic) bond motifs is 1. The van der Waals surface area contributed by atoms with Gasteiger partial charge in [0.05, 0.1) is 16.0 Å². The fourth-order valence-corrected chi connectivity index (χ4v) is 3.35. The SMILES string of the molecule is CC(C)C(C)(O)CNS(=O)(=O)c1c[nH]c2nccc(Cl)c12. The molecule has 2 aromatic heterocycles. The number of aromatic amines is 1. The average molecular weight is 332 g/mol. The summed E-state index contributed by atoms with van der Waals surface area (Å²) in [4.78, 5) is 6.83. The zero-order valence-corrected chi connectivity index (χ0v) is 13.6. The highest BCUT2D eigenvalue weighted by Gasteiger charge is 2.29. The molecule has 0 radical (unpaired) electrons. The van der Waals surface area contributed by atoms with Crippen molar-refractivity contribution in [2.45, 2.75) is 31.3 Å². The number of nitrogens with zero attached hydrogens (tertiary/aromatic N) is 1. The lowest BCUT2D eigenvalue weighted by Gasteiger charge is -2.27. The minimum Gasteiger partial charge on any atom is -0.389 e. The van der Waals surface area contributed by atoms with Gasteiger partial charge in [-0.15, -0.1) is 0 Å². The van der Waals surface area contributed by atoms with E-state index in [0.29, 0.717) is 16.1 Å². The van der Waals surface area contributed by atoms with Gasteiger partial charge in [0.25, 0.3) is 0 Å². The Hall–Kier alpha value is -1.15. The topological polar surface area (TPSA) is 95.1 Å². The third kappa shape index (κ3) is 3.21. The number of nitrogens with one attached hydrogen (secondary N) is 2. The first-order valence-electron chi connectivity index (χ1n) is 6.49. The van der Waals surface area contributed by atoms with E-state index in [0.717, 1.165) is 0 Å². The molecule has 0 spiro atoms. The molecular formula is C13H18ClN3O3S. The molecule has 0 aliphatic rings. The fraction of sp³-hybridized carbons (Fsp3) is 0.462. The number of rotatable bonds is 5. The van der Waals surface area contributed by atoms with Gasteiger partial charge in [-0.1, -0.05) is 25.4 Å². The number of sulfonamides is 1. The first-order chi connectivity index (χ1) is 9.65. The second-order valence-corrected chi connectivity index (χ2v) is 7.65. The van der Waals surface area contributed by atoms with Crippen LogP contribution in [0.1, 0.15) is 20.8 Å². The van der Waals surface area contributed by atoms with Crippen molar-refractivity contribution in [2.24, 2.45) is 5.92 Å². The van der Waals surface area contributed by atoms with E-state index in [1.807, 2.05) is 13.8 Å². The van der Waals surface area contributed by atoms with Crippen LogP contribution >= 0.6 is 11.6 Å². The van der Waals surface area contributed by atoms with Crippen molar-refractivity contribution in [3.63, 3.8) is 0 Å². The minimum absolute atomic E-state index is 0.0233. The average Bonchev–Trinajstić information content (AvgIpc) is 2.83. The summed E-state index contributed by atoms with van der Waals surface area (Å²) in [6, 6.07) is 1.53. The number of aromatic nitrogens is 2. The molecule has 2 aromatic rings. The highest BCUT2D eigenvalue weighted by atomic mass is 35.5. The van der Waals surface area contributed by atoms with Crippen LogP contribution in [0.3, 0.4) is 0 Å². The molecule has 1 atom stereocenters. The zero-order valence-electron chi connectivity index (χ0n) is 12.0. The van der Waals surface area contributed by atoms with Gasteiger partial charge in [-0.05, 0) is 18.9 Å². The Kier molecular flexibility index (Phi) is 4.30. The summed E-state index contributed by atoms with van der Waals surface area (Å²) in [6.45, 7) is 5.14. The lowest BCUT2D eigenvalue weighted by molar-refractivity contribution is 0.0190. The fourth-order valence-electron chi connectivity index (χ4n) is 1.72. The van der Waals surface area contributed by atoms with Gasteiger partial charge in [0.2, 0.25) is 10.0 Å². The molecular weight excluding hydrogens is 314 g/mol. The Labute approximate surface area is 128 Å². The van der Waals surface area contributed by atoms with Crippen molar-refractivity contribution in [2.75, 3.05) is 6.54 Å². The van der Waals surface area contributed by atoms with E-state index >= 15 is 0 Å². The standard InChI is InChI=1S/C13H18ClN3O3S/c1-8(2)13(3,18)7-17-21(19,20)10-6-16-12-11(10)9(14)4-5-15-12/h4-6,8,17-18H,7H2,1-3H3,(H,15,16). The Morgan fingerprint density at radius 1 is 1.52 bits per heavy atom. The molecule has 0 saturated carbocycles. The van der Waals surface area contributed by atoms with Crippen LogP contribution in [0.4, 0.5) is 0 Å². The summed E-state index contributed by atoms with van der Waals surface area (Å²) in [6.07, 6.45) is 2.84. The van der Waals surface area contributed by atoms with Crippen LogP contribution in [0.5, 0.6) is 0 Å². The summed E-state index contributed by atoms with van der Waals surface area (Å²) in [7, 11) is -3.80. The van der Waals surface area contributed by atoms with E-state index < -0.39 is 15.6 Å². The Morgan fingerprint density at radius 2 is 2.19 bits per heavy atom. The van der Waals surface area contributed by atoms with E-state index in [-0.39, 0.29) is 17.4 Å². The van der Waals surface area contributed by atoms with Gasteiger partial charge < -0.3 is 10.1 Å². The monoisotopic (exact) mass is 331 g/mol. The van der Waals surface area contributed by atoms with E-state index in [1.165, 1.54) is 18.5 Å². The van der Waals surface area contributed by atoms with Gasteiger partial charge in [0.1, 0.15) is 10.5 Å². The van der Waals surface area contributed by atoms with Crippen LogP contribution in [0, 0.1) is 5.92 Å². The minimum atomic E-state index is -3.80. The van der Waals surface area contributed by atoms with Crippen molar-refractivity contribution in [3.8, 4) is 0 Å². The lowest BCUT2D eigenvalue weighted by atomic mass is 9.93. The summed E-state index contributed by atoms with van der Waals surface area (Å²) in [5.74, 6) is -0.0894. The molecule has 116 valence electrons. The first-order valence-corrected chi connectivity index (χ1v) is 8.35. The molecule has 3 N–H and O–H groups in total. The van der Waals surface area contributed by atoms with Gasteiger partial charge in [-0.25, -0.2) is 18.1 Å². The zero-order chi connectivity index (χ0) is 15.8. The van der Waals surface area contributed by atoms with E-state index in [2.05, 4.69) is 14.7 Å². The van der Waals surface area contributed by atoms with Gasteiger partial charge in [0.15, 0.2) is 0 Å². The molecule has 0 amide bonds. The van der Waals surface area contributed by atoms with Crippen LogP contribution < -0.4 is 4.72 Å². The number of aliphatic hydroxyl groups is 1. The highest BCUT2D eigenvalue weighted by Crippen LogP contribution is 2.28. The van der Waals surface area contributed by atoms with Crippen LogP contribution in [-0.4, -0.2) is 35.6 Å². The van der Waals surface area contributed by atoms with Gasteiger partial charge in [-0.2, -0.15) is 0 Å². The molecule has 0 fully saturated rings. The van der Waals surface area contributed by atoms with Crippen molar-refractivity contribution in [3.05, 3.63) is 23.5 Å². The first kappa shape index (κ1) is 16.2. The van der Waals surface area contributed by atoms with Crippen molar-refractivity contribution in [1.82, 2.24) is 14.7 Å². The maximum Gasteiger partial charge on any atom is 0.242 e. The predicted octanol–water partition coefficient (Wildman–Crippen LogP) is 1.90. The van der Waals surface area contributed by atoms with Crippen LogP contribution in [-0.2, 0) is 10.0 Å². The quantitative estimate of drug-likeness (QED) is 0.779. The Morgan fingerprint density at radius 3 is 2.81 bits per heavy atom. The predicted molar refractivity (Wildman–Crippen MR) is 81.8 cm³/mol. The summed E-state index contributed by atoms with van der Waals surface area (Å²) in [5.41, 5.74) is -0.736. The van der Waals surface area contributed by atoms with E-state index in [4.69, 9.17) is 11.6 Å². The van der Waals surface area contributed by atoms with Crippen LogP contribution in [0.2, 0.25) is 5.02 Å². The second-order valence-electron chi connectivity index (χ2n) is 5.51. The summed E-state index contributed by atoms with van der Waals surface area (Å²) < 4.78 is 27.2. The molecule has 2 rings (SSSR count). The Bertz CT molecular complexity index is 753. The molecule has 0 saturated heterocycles. The second kappa shape index (κ2) is 5.57. The smallest absolute Gasteiger partial charge is 0.242 e. The molecule has 6 nitrogen and oxygen atoms in total. The van der Waals surface area contributed by atoms with Crippen molar-refractivity contribution < 1.29 is 13.5 Å². The van der Waals surface area contributed by atoms with Crippen molar-refractivity contribution >= 4 is 32.7 Å². The lowest BCUT2D eigenvalue weighted by Crippen LogP contribution is -2.44. The van der Waals surface area contributed by atoms with Gasteiger partial charge in [-0.3, -0.25) is 0 Å². The maximum absolute atomic E-state index is 12.4. The normalized spacial score (nSPS) is 15.5. The molecule has 0 aliphatic heterocycles. The maximum atomic E-state index is 12.4. The number of H-pyrrole nitrogens is 1. The molecule has 0 aliphatic carbocycles. The van der Waals surface area contributed by atoms with Crippen molar-refractivity contribution in [1.29, 1.82) is 0 Å².